The highest BCUT2D eigenvalue weighted by Gasteiger charge is 2.23. The van der Waals surface area contributed by atoms with Crippen LogP contribution in [0.2, 0.25) is 0 Å². The van der Waals surface area contributed by atoms with Gasteiger partial charge in [-0.2, -0.15) is 0 Å². The Balaban J connectivity index is 2.54. The van der Waals surface area contributed by atoms with Crippen molar-refractivity contribution in [2.75, 3.05) is 6.61 Å². The zero-order chi connectivity index (χ0) is 6.85. The Hall–Kier alpha value is -0.790. The molecule has 0 N–H and O–H groups in total. The van der Waals surface area contributed by atoms with Gasteiger partial charge in [0.2, 0.25) is 0 Å². The van der Waals surface area contributed by atoms with Gasteiger partial charge in [-0.1, -0.05) is 0 Å². The van der Waals surface area contributed by atoms with Crippen molar-refractivity contribution in [3.63, 3.8) is 0 Å². The summed E-state index contributed by atoms with van der Waals surface area (Å²) in [5.74, 6) is 1.10. The lowest BCUT2D eigenvalue weighted by Gasteiger charge is -2.18. The van der Waals surface area contributed by atoms with Crippen LogP contribution in [0.5, 0.6) is 0 Å². The Bertz CT molecular complexity index is 168. The van der Waals surface area contributed by atoms with Gasteiger partial charge in [-0.3, -0.25) is 4.79 Å². The SMILES string of the molecule is CCOC1=C(C)C(=O)C1. The average Bonchev–Trinajstić information content (AvgIpc) is 1.88. The van der Waals surface area contributed by atoms with Crippen LogP contribution in [0.3, 0.4) is 0 Å². The van der Waals surface area contributed by atoms with Gasteiger partial charge in [0.05, 0.1) is 13.0 Å². The predicted octanol–water partition coefficient (Wildman–Crippen LogP) is 1.27. The second-order valence-corrected chi connectivity index (χ2v) is 2.08. The van der Waals surface area contributed by atoms with Crippen LogP contribution in [0.1, 0.15) is 20.3 Å². The molecule has 1 aliphatic rings. The highest BCUT2D eigenvalue weighted by molar-refractivity contribution is 6.03. The summed E-state index contributed by atoms with van der Waals surface area (Å²) in [6.45, 7) is 4.39. The van der Waals surface area contributed by atoms with Gasteiger partial charge in [-0.15, -0.1) is 0 Å². The molecule has 0 amide bonds. The lowest BCUT2D eigenvalue weighted by atomic mass is 9.96. The molecule has 0 aromatic rings. The minimum Gasteiger partial charge on any atom is -0.497 e. The second-order valence-electron chi connectivity index (χ2n) is 2.08. The van der Waals surface area contributed by atoms with E-state index in [4.69, 9.17) is 4.74 Å². The first-order valence-electron chi connectivity index (χ1n) is 3.11. The molecule has 1 aliphatic carbocycles. The average molecular weight is 126 g/mol. The maximum Gasteiger partial charge on any atom is 0.169 e. The summed E-state index contributed by atoms with van der Waals surface area (Å²) in [5.41, 5.74) is 0.803. The lowest BCUT2D eigenvalue weighted by molar-refractivity contribution is -0.118. The van der Waals surface area contributed by atoms with Gasteiger partial charge in [-0.05, 0) is 13.8 Å². The molecule has 0 aromatic carbocycles. The summed E-state index contributed by atoms with van der Waals surface area (Å²) < 4.78 is 5.12. The van der Waals surface area contributed by atoms with Crippen LogP contribution in [-0.4, -0.2) is 12.4 Å². The zero-order valence-electron chi connectivity index (χ0n) is 5.73. The van der Waals surface area contributed by atoms with Crippen molar-refractivity contribution in [2.45, 2.75) is 20.3 Å². The Morgan fingerprint density at radius 1 is 1.67 bits per heavy atom. The highest BCUT2D eigenvalue weighted by atomic mass is 16.5. The summed E-state index contributed by atoms with van der Waals surface area (Å²) in [6.07, 6.45) is 0.514. The Labute approximate surface area is 54.5 Å². The topological polar surface area (TPSA) is 26.3 Å². The minimum absolute atomic E-state index is 0.221. The number of ketones is 1. The van der Waals surface area contributed by atoms with E-state index >= 15 is 0 Å². The molecular weight excluding hydrogens is 116 g/mol. The fraction of sp³-hybridized carbons (Fsp3) is 0.571. The number of hydrogen-bond donors (Lipinski definition) is 0. The molecule has 0 unspecified atom stereocenters. The van der Waals surface area contributed by atoms with Crippen molar-refractivity contribution in [3.8, 4) is 0 Å². The number of carbonyl (C=O) groups excluding carboxylic acids is 1. The number of allylic oxidation sites excluding steroid dienone is 2. The Kier molecular flexibility index (Phi) is 1.56. The summed E-state index contributed by atoms with van der Waals surface area (Å²) in [5, 5.41) is 0. The van der Waals surface area contributed by atoms with Gasteiger partial charge in [0.1, 0.15) is 5.76 Å². The van der Waals surface area contributed by atoms with Crippen molar-refractivity contribution >= 4 is 5.78 Å². The Morgan fingerprint density at radius 2 is 2.33 bits per heavy atom. The van der Waals surface area contributed by atoms with E-state index in [-0.39, 0.29) is 5.78 Å². The molecule has 0 saturated heterocycles. The van der Waals surface area contributed by atoms with Crippen molar-refractivity contribution in [3.05, 3.63) is 11.3 Å². The summed E-state index contributed by atoms with van der Waals surface area (Å²) in [6, 6.07) is 0. The van der Waals surface area contributed by atoms with Crippen molar-refractivity contribution in [1.82, 2.24) is 0 Å². The van der Waals surface area contributed by atoms with Crippen LogP contribution in [0, 0.1) is 0 Å². The van der Waals surface area contributed by atoms with Crippen molar-refractivity contribution in [1.29, 1.82) is 0 Å². The zero-order valence-corrected chi connectivity index (χ0v) is 5.73. The molecule has 2 nitrogen and oxygen atoms in total. The fourth-order valence-electron chi connectivity index (χ4n) is 0.793. The summed E-state index contributed by atoms with van der Waals surface area (Å²) >= 11 is 0. The molecule has 0 aliphatic heterocycles. The van der Waals surface area contributed by atoms with Crippen molar-refractivity contribution in [2.24, 2.45) is 0 Å². The van der Waals surface area contributed by atoms with Gasteiger partial charge >= 0.3 is 0 Å². The largest absolute Gasteiger partial charge is 0.497 e. The van der Waals surface area contributed by atoms with E-state index in [0.29, 0.717) is 13.0 Å². The first kappa shape index (κ1) is 6.33. The fourth-order valence-corrected chi connectivity index (χ4v) is 0.793. The lowest BCUT2D eigenvalue weighted by Crippen LogP contribution is -2.17. The van der Waals surface area contributed by atoms with Crippen LogP contribution in [0.4, 0.5) is 0 Å². The molecule has 0 spiro atoms. The summed E-state index contributed by atoms with van der Waals surface area (Å²) in [7, 11) is 0. The third-order valence-corrected chi connectivity index (χ3v) is 1.48. The first-order chi connectivity index (χ1) is 4.25. The molecule has 0 saturated carbocycles. The number of Topliss-reactive ketones (excluding diaryl/α,β-unsaturated/α-hetero) is 1. The highest BCUT2D eigenvalue weighted by Crippen LogP contribution is 2.23. The second kappa shape index (κ2) is 2.21. The molecule has 0 aromatic heterocycles. The molecule has 50 valence electrons. The van der Waals surface area contributed by atoms with Crippen LogP contribution in [0.15, 0.2) is 11.3 Å². The van der Waals surface area contributed by atoms with Gasteiger partial charge in [-0.25, -0.2) is 0 Å². The van der Waals surface area contributed by atoms with E-state index in [0.717, 1.165) is 11.3 Å². The quantitative estimate of drug-likeness (QED) is 0.557. The van der Waals surface area contributed by atoms with Gasteiger partial charge in [0.15, 0.2) is 5.78 Å². The van der Waals surface area contributed by atoms with E-state index in [9.17, 15) is 4.79 Å². The van der Waals surface area contributed by atoms with Crippen LogP contribution in [0.25, 0.3) is 0 Å². The van der Waals surface area contributed by atoms with Crippen LogP contribution in [-0.2, 0) is 9.53 Å². The van der Waals surface area contributed by atoms with Gasteiger partial charge in [0.25, 0.3) is 0 Å². The van der Waals surface area contributed by atoms with E-state index in [2.05, 4.69) is 0 Å². The van der Waals surface area contributed by atoms with Gasteiger partial charge < -0.3 is 4.74 Å². The molecule has 0 radical (unpaired) electrons. The summed E-state index contributed by atoms with van der Waals surface area (Å²) in [4.78, 5) is 10.6. The molecule has 0 fully saturated rings. The standard InChI is InChI=1S/C7H10O2/c1-3-9-7-4-6(8)5(7)2/h3-4H2,1-2H3. The molecular formula is C7H10O2. The minimum atomic E-state index is 0.221. The third-order valence-electron chi connectivity index (χ3n) is 1.48. The van der Waals surface area contributed by atoms with Crippen LogP contribution >= 0.6 is 0 Å². The molecule has 0 atom stereocenters. The van der Waals surface area contributed by atoms with E-state index < -0.39 is 0 Å². The smallest absolute Gasteiger partial charge is 0.169 e. The maximum absolute atomic E-state index is 10.6. The van der Waals surface area contributed by atoms with E-state index in [1.54, 1.807) is 6.92 Å². The van der Waals surface area contributed by atoms with Crippen molar-refractivity contribution < 1.29 is 9.53 Å². The normalized spacial score (nSPS) is 17.8. The van der Waals surface area contributed by atoms with Crippen LogP contribution < -0.4 is 0 Å². The molecule has 9 heavy (non-hydrogen) atoms. The first-order valence-corrected chi connectivity index (χ1v) is 3.11. The van der Waals surface area contributed by atoms with E-state index in [1.165, 1.54) is 0 Å². The number of ether oxygens (including phenoxy) is 1. The number of carbonyl (C=O) groups is 1. The molecule has 0 heterocycles. The Morgan fingerprint density at radius 3 is 2.67 bits per heavy atom. The predicted molar refractivity (Wildman–Crippen MR) is 33.9 cm³/mol. The monoisotopic (exact) mass is 126 g/mol. The molecule has 1 rings (SSSR count). The molecule has 0 bridgehead atoms. The van der Waals surface area contributed by atoms with E-state index in [1.807, 2.05) is 6.92 Å². The molecule has 2 heteroatoms. The maximum atomic E-state index is 10.6. The third kappa shape index (κ3) is 0.969. The number of hydrogen-bond acceptors (Lipinski definition) is 2. The number of rotatable bonds is 2. The van der Waals surface area contributed by atoms with Gasteiger partial charge in [0, 0.05) is 5.57 Å².